The maximum Gasteiger partial charge on any atom is 0.222 e. The Morgan fingerprint density at radius 2 is 1.92 bits per heavy atom. The van der Waals surface area contributed by atoms with Gasteiger partial charge in [-0.05, 0) is 58.5 Å². The molecule has 1 aromatic heterocycles. The molecule has 0 aromatic carbocycles. The highest BCUT2D eigenvalue weighted by Crippen LogP contribution is 2.24. The summed E-state index contributed by atoms with van der Waals surface area (Å²) in [6.45, 7) is 9.90. The molecule has 1 amide bonds. The Balaban J connectivity index is 1.50. The molecule has 2 saturated heterocycles. The number of nitrogens with zero attached hydrogens (tertiary/aromatic N) is 4. The summed E-state index contributed by atoms with van der Waals surface area (Å²) < 4.78 is 1.92. The molecule has 140 valence electrons. The minimum absolute atomic E-state index is 0.127. The van der Waals surface area contributed by atoms with Crippen LogP contribution in [0, 0.1) is 19.8 Å². The molecule has 3 rings (SSSR count). The van der Waals surface area contributed by atoms with Crippen LogP contribution in [0.5, 0.6) is 0 Å². The molecular formula is C19H32N4O2. The number of piperidine rings is 2. The van der Waals surface area contributed by atoms with E-state index < -0.39 is 0 Å². The Bertz CT molecular complexity index is 590. The van der Waals surface area contributed by atoms with E-state index in [0.717, 1.165) is 51.3 Å². The van der Waals surface area contributed by atoms with Gasteiger partial charge in [-0.1, -0.05) is 0 Å². The summed E-state index contributed by atoms with van der Waals surface area (Å²) in [6.07, 6.45) is 5.33. The van der Waals surface area contributed by atoms with Crippen molar-refractivity contribution in [3.8, 4) is 0 Å². The Labute approximate surface area is 150 Å². The van der Waals surface area contributed by atoms with Crippen molar-refractivity contribution in [2.45, 2.75) is 59.0 Å². The molecule has 0 unspecified atom stereocenters. The van der Waals surface area contributed by atoms with Crippen LogP contribution in [-0.2, 0) is 17.9 Å². The van der Waals surface area contributed by atoms with Crippen LogP contribution in [-0.4, -0.2) is 63.4 Å². The number of likely N-dealkylation sites (tertiary alicyclic amines) is 2. The second-order valence-electron chi connectivity index (χ2n) is 7.61. The number of hydrogen-bond acceptors (Lipinski definition) is 4. The molecule has 0 atom stereocenters. The Morgan fingerprint density at radius 1 is 1.16 bits per heavy atom. The number of aryl methyl sites for hydroxylation is 1. The fraction of sp³-hybridized carbons (Fsp3) is 0.789. The van der Waals surface area contributed by atoms with E-state index in [1.54, 1.807) is 0 Å². The molecule has 0 bridgehead atoms. The lowest BCUT2D eigenvalue weighted by molar-refractivity contribution is -0.134. The highest BCUT2D eigenvalue weighted by molar-refractivity contribution is 5.76. The quantitative estimate of drug-likeness (QED) is 0.850. The Hall–Kier alpha value is -1.40. The average Bonchev–Trinajstić information content (AvgIpc) is 2.86. The second kappa shape index (κ2) is 8.32. The zero-order valence-corrected chi connectivity index (χ0v) is 15.7. The number of amides is 1. The van der Waals surface area contributed by atoms with Crippen LogP contribution in [0.25, 0.3) is 0 Å². The zero-order chi connectivity index (χ0) is 17.8. The third-order valence-electron chi connectivity index (χ3n) is 5.83. The summed E-state index contributed by atoms with van der Waals surface area (Å²) in [5, 5.41) is 13.7. The van der Waals surface area contributed by atoms with Crippen LogP contribution >= 0.6 is 0 Å². The van der Waals surface area contributed by atoms with Crippen LogP contribution < -0.4 is 0 Å². The van der Waals surface area contributed by atoms with E-state index in [1.807, 2.05) is 4.68 Å². The highest BCUT2D eigenvalue weighted by atomic mass is 16.3. The summed E-state index contributed by atoms with van der Waals surface area (Å²) in [4.78, 5) is 16.6. The number of carbonyl (C=O) groups is 1. The van der Waals surface area contributed by atoms with Crippen LogP contribution in [0.1, 0.15) is 49.1 Å². The van der Waals surface area contributed by atoms with Crippen molar-refractivity contribution in [1.29, 1.82) is 0 Å². The van der Waals surface area contributed by atoms with Crippen molar-refractivity contribution in [3.63, 3.8) is 0 Å². The maximum absolute atomic E-state index is 12.0. The first kappa shape index (κ1) is 18.4. The number of aromatic nitrogens is 2. The van der Waals surface area contributed by atoms with E-state index in [0.29, 0.717) is 18.4 Å². The standard InChI is InChI=1S/C19H32N4O2/c1-15-18(16(2)23(20-15)11-12-24)14-21-9-6-17(7-10-21)13-22-8-4-3-5-19(22)25/h17,24H,3-14H2,1-2H3. The largest absolute Gasteiger partial charge is 0.394 e. The fourth-order valence-corrected chi connectivity index (χ4v) is 4.19. The van der Waals surface area contributed by atoms with Crippen molar-refractivity contribution in [1.82, 2.24) is 19.6 Å². The van der Waals surface area contributed by atoms with E-state index in [-0.39, 0.29) is 6.61 Å². The molecule has 0 aliphatic carbocycles. The molecular weight excluding hydrogens is 316 g/mol. The second-order valence-corrected chi connectivity index (χ2v) is 7.61. The van der Waals surface area contributed by atoms with Gasteiger partial charge in [0.1, 0.15) is 0 Å². The fourth-order valence-electron chi connectivity index (χ4n) is 4.19. The average molecular weight is 348 g/mol. The Kier molecular flexibility index (Phi) is 6.12. The van der Waals surface area contributed by atoms with Gasteiger partial charge in [-0.3, -0.25) is 14.4 Å². The number of rotatable bonds is 6. The predicted octanol–water partition coefficient (Wildman–Crippen LogP) is 1.72. The van der Waals surface area contributed by atoms with Gasteiger partial charge in [0.05, 0.1) is 18.8 Å². The van der Waals surface area contributed by atoms with Crippen LogP contribution in [0.4, 0.5) is 0 Å². The van der Waals surface area contributed by atoms with Gasteiger partial charge in [-0.2, -0.15) is 5.10 Å². The van der Waals surface area contributed by atoms with Gasteiger partial charge in [-0.25, -0.2) is 0 Å². The summed E-state index contributed by atoms with van der Waals surface area (Å²) in [5.41, 5.74) is 3.55. The number of hydrogen-bond donors (Lipinski definition) is 1. The lowest BCUT2D eigenvalue weighted by Crippen LogP contribution is -2.42. The molecule has 6 heteroatoms. The summed E-state index contributed by atoms with van der Waals surface area (Å²) in [7, 11) is 0. The highest BCUT2D eigenvalue weighted by Gasteiger charge is 2.26. The molecule has 0 radical (unpaired) electrons. The first-order valence-corrected chi connectivity index (χ1v) is 9.72. The molecule has 3 heterocycles. The molecule has 6 nitrogen and oxygen atoms in total. The molecule has 2 aliphatic heterocycles. The third kappa shape index (κ3) is 4.42. The van der Waals surface area contributed by atoms with Gasteiger partial charge in [0.15, 0.2) is 0 Å². The van der Waals surface area contributed by atoms with Gasteiger partial charge >= 0.3 is 0 Å². The van der Waals surface area contributed by atoms with Crippen molar-refractivity contribution in [3.05, 3.63) is 17.0 Å². The molecule has 0 spiro atoms. The monoisotopic (exact) mass is 348 g/mol. The summed E-state index contributed by atoms with van der Waals surface area (Å²) in [5.74, 6) is 1.01. The van der Waals surface area contributed by atoms with Gasteiger partial charge in [0, 0.05) is 37.3 Å². The Morgan fingerprint density at radius 3 is 2.60 bits per heavy atom. The van der Waals surface area contributed by atoms with Crippen molar-refractivity contribution in [2.75, 3.05) is 32.8 Å². The van der Waals surface area contributed by atoms with E-state index in [9.17, 15) is 4.79 Å². The van der Waals surface area contributed by atoms with E-state index in [4.69, 9.17) is 5.11 Å². The number of aliphatic hydroxyl groups excluding tert-OH is 1. The first-order valence-electron chi connectivity index (χ1n) is 9.72. The van der Waals surface area contributed by atoms with E-state index in [1.165, 1.54) is 30.5 Å². The number of aliphatic hydroxyl groups is 1. The van der Waals surface area contributed by atoms with E-state index in [2.05, 4.69) is 28.7 Å². The SMILES string of the molecule is Cc1nn(CCO)c(C)c1CN1CCC(CN2CCCCC2=O)CC1. The lowest BCUT2D eigenvalue weighted by atomic mass is 9.94. The van der Waals surface area contributed by atoms with E-state index >= 15 is 0 Å². The molecule has 2 aliphatic rings. The number of carbonyl (C=O) groups excluding carboxylic acids is 1. The molecule has 1 aromatic rings. The van der Waals surface area contributed by atoms with Crippen molar-refractivity contribution >= 4 is 5.91 Å². The van der Waals surface area contributed by atoms with Gasteiger partial charge in [0.25, 0.3) is 0 Å². The smallest absolute Gasteiger partial charge is 0.222 e. The lowest BCUT2D eigenvalue weighted by Gasteiger charge is -2.36. The van der Waals surface area contributed by atoms with Crippen LogP contribution in [0.3, 0.4) is 0 Å². The van der Waals surface area contributed by atoms with Gasteiger partial charge < -0.3 is 10.0 Å². The predicted molar refractivity (Wildman–Crippen MR) is 97.2 cm³/mol. The molecule has 0 saturated carbocycles. The van der Waals surface area contributed by atoms with Crippen LogP contribution in [0.15, 0.2) is 0 Å². The van der Waals surface area contributed by atoms with Crippen molar-refractivity contribution in [2.24, 2.45) is 5.92 Å². The topological polar surface area (TPSA) is 61.6 Å². The van der Waals surface area contributed by atoms with Crippen molar-refractivity contribution < 1.29 is 9.90 Å². The summed E-state index contributed by atoms with van der Waals surface area (Å²) in [6, 6.07) is 0. The molecule has 2 fully saturated rings. The molecule has 25 heavy (non-hydrogen) atoms. The minimum atomic E-state index is 0.127. The zero-order valence-electron chi connectivity index (χ0n) is 15.7. The summed E-state index contributed by atoms with van der Waals surface area (Å²) >= 11 is 0. The van der Waals surface area contributed by atoms with Crippen LogP contribution in [0.2, 0.25) is 0 Å². The molecule has 1 N–H and O–H groups in total. The third-order valence-corrected chi connectivity index (χ3v) is 5.83. The maximum atomic E-state index is 12.0. The first-order chi connectivity index (χ1) is 12.1. The minimum Gasteiger partial charge on any atom is -0.394 e. The van der Waals surface area contributed by atoms with Gasteiger partial charge in [0.2, 0.25) is 5.91 Å². The van der Waals surface area contributed by atoms with Gasteiger partial charge in [-0.15, -0.1) is 0 Å². The normalized spacial score (nSPS) is 20.4.